The Balaban J connectivity index is 1.78. The molecule has 4 heteroatoms. The van der Waals surface area contributed by atoms with Crippen LogP contribution in [0.3, 0.4) is 0 Å². The maximum Gasteiger partial charge on any atom is 0.137 e. The van der Waals surface area contributed by atoms with Crippen LogP contribution in [0.5, 0.6) is 0 Å². The molecule has 1 fully saturated rings. The molecule has 2 rings (SSSR count). The van der Waals surface area contributed by atoms with Crippen LogP contribution in [0.4, 0.5) is 0 Å². The summed E-state index contributed by atoms with van der Waals surface area (Å²) in [4.78, 5) is 11.9. The van der Waals surface area contributed by atoms with Gasteiger partial charge in [-0.15, -0.1) is 0 Å². The van der Waals surface area contributed by atoms with E-state index in [-0.39, 0.29) is 11.9 Å². The summed E-state index contributed by atoms with van der Waals surface area (Å²) in [7, 11) is 0. The molecule has 0 radical (unpaired) electrons. The number of rotatable bonds is 5. The molecule has 0 saturated carbocycles. The van der Waals surface area contributed by atoms with Gasteiger partial charge in [-0.05, 0) is 43.4 Å². The van der Waals surface area contributed by atoms with Crippen LogP contribution in [-0.4, -0.2) is 18.5 Å². The summed E-state index contributed by atoms with van der Waals surface area (Å²) in [5, 5.41) is 1.02. The number of carbonyl (C=O) groups excluding carboxylic acids is 1. The first-order valence-corrected chi connectivity index (χ1v) is 7.48. The van der Waals surface area contributed by atoms with Crippen LogP contribution in [0.15, 0.2) is 18.2 Å². The molecule has 1 saturated heterocycles. The third kappa shape index (κ3) is 4.79. The van der Waals surface area contributed by atoms with Gasteiger partial charge in [0, 0.05) is 19.4 Å². The second-order valence-corrected chi connectivity index (χ2v) is 5.81. The SMILES string of the molecule is O=C(CCC1CCCCO1)Cc1ccc(Cl)c(Cl)c1. The molecular weight excluding hydrogens is 283 g/mol. The lowest BCUT2D eigenvalue weighted by molar-refractivity contribution is -0.119. The fraction of sp³-hybridized carbons (Fsp3) is 0.533. The normalized spacial score (nSPS) is 19.4. The first-order valence-electron chi connectivity index (χ1n) is 6.72. The Bertz CT molecular complexity index is 440. The first-order chi connectivity index (χ1) is 9.15. The fourth-order valence-electron chi connectivity index (χ4n) is 2.32. The lowest BCUT2D eigenvalue weighted by Crippen LogP contribution is -2.20. The average molecular weight is 301 g/mol. The third-order valence-corrected chi connectivity index (χ3v) is 4.14. The Morgan fingerprint density at radius 1 is 1.26 bits per heavy atom. The van der Waals surface area contributed by atoms with E-state index in [1.807, 2.05) is 6.07 Å². The molecule has 0 amide bonds. The van der Waals surface area contributed by atoms with Gasteiger partial charge in [-0.1, -0.05) is 29.3 Å². The largest absolute Gasteiger partial charge is 0.378 e. The van der Waals surface area contributed by atoms with Gasteiger partial charge in [-0.2, -0.15) is 0 Å². The second-order valence-electron chi connectivity index (χ2n) is 4.99. The zero-order valence-corrected chi connectivity index (χ0v) is 12.3. The van der Waals surface area contributed by atoms with Gasteiger partial charge in [-0.25, -0.2) is 0 Å². The molecular formula is C15H18Cl2O2. The van der Waals surface area contributed by atoms with Crippen molar-refractivity contribution in [2.24, 2.45) is 0 Å². The Labute approximate surface area is 124 Å². The minimum absolute atomic E-state index is 0.229. The molecule has 0 aliphatic carbocycles. The van der Waals surface area contributed by atoms with Gasteiger partial charge in [0.25, 0.3) is 0 Å². The van der Waals surface area contributed by atoms with Gasteiger partial charge in [-0.3, -0.25) is 4.79 Å². The zero-order valence-electron chi connectivity index (χ0n) is 10.8. The molecule has 1 aliphatic rings. The Kier molecular flexibility index (Phi) is 5.68. The molecule has 104 valence electrons. The van der Waals surface area contributed by atoms with Crippen LogP contribution in [-0.2, 0) is 16.0 Å². The van der Waals surface area contributed by atoms with E-state index in [9.17, 15) is 4.79 Å². The van der Waals surface area contributed by atoms with Crippen molar-refractivity contribution in [2.45, 2.75) is 44.6 Å². The maximum atomic E-state index is 11.9. The van der Waals surface area contributed by atoms with Crippen molar-refractivity contribution in [3.63, 3.8) is 0 Å². The summed E-state index contributed by atoms with van der Waals surface area (Å²) in [5.74, 6) is 0.229. The van der Waals surface area contributed by atoms with Crippen molar-refractivity contribution in [3.05, 3.63) is 33.8 Å². The van der Waals surface area contributed by atoms with Gasteiger partial charge >= 0.3 is 0 Å². The van der Waals surface area contributed by atoms with E-state index in [1.165, 1.54) is 6.42 Å². The van der Waals surface area contributed by atoms with Crippen LogP contribution < -0.4 is 0 Å². The zero-order chi connectivity index (χ0) is 13.7. The minimum Gasteiger partial charge on any atom is -0.378 e. The Hall–Kier alpha value is -0.570. The van der Waals surface area contributed by atoms with Crippen LogP contribution in [0.1, 0.15) is 37.7 Å². The fourth-order valence-corrected chi connectivity index (χ4v) is 2.64. The quantitative estimate of drug-likeness (QED) is 0.803. The number of hydrogen-bond donors (Lipinski definition) is 0. The topological polar surface area (TPSA) is 26.3 Å². The average Bonchev–Trinajstić information content (AvgIpc) is 2.42. The van der Waals surface area contributed by atoms with Crippen LogP contribution in [0.25, 0.3) is 0 Å². The van der Waals surface area contributed by atoms with Crippen molar-refractivity contribution in [1.82, 2.24) is 0 Å². The summed E-state index contributed by atoms with van der Waals surface area (Å²) < 4.78 is 5.62. The lowest BCUT2D eigenvalue weighted by Gasteiger charge is -2.22. The summed E-state index contributed by atoms with van der Waals surface area (Å²) >= 11 is 11.8. The van der Waals surface area contributed by atoms with Crippen LogP contribution >= 0.6 is 23.2 Å². The standard InChI is InChI=1S/C15H18Cl2O2/c16-14-7-4-11(10-15(14)17)9-12(18)5-6-13-3-1-2-8-19-13/h4,7,10,13H,1-3,5-6,8-9H2. The van der Waals surface area contributed by atoms with E-state index in [0.717, 1.165) is 31.4 Å². The summed E-state index contributed by atoms with van der Waals surface area (Å²) in [5.41, 5.74) is 0.920. The van der Waals surface area contributed by atoms with Crippen molar-refractivity contribution < 1.29 is 9.53 Å². The van der Waals surface area contributed by atoms with Crippen molar-refractivity contribution >= 4 is 29.0 Å². The molecule has 19 heavy (non-hydrogen) atoms. The van der Waals surface area contributed by atoms with Gasteiger partial charge < -0.3 is 4.74 Å². The molecule has 0 aromatic heterocycles. The number of halogens is 2. The van der Waals surface area contributed by atoms with Crippen molar-refractivity contribution in [2.75, 3.05) is 6.61 Å². The number of benzene rings is 1. The van der Waals surface area contributed by atoms with Crippen molar-refractivity contribution in [1.29, 1.82) is 0 Å². The molecule has 0 bridgehead atoms. The molecule has 2 nitrogen and oxygen atoms in total. The molecule has 1 atom stereocenters. The molecule has 1 heterocycles. The molecule has 1 aromatic carbocycles. The predicted molar refractivity (Wildman–Crippen MR) is 78.0 cm³/mol. The summed E-state index contributed by atoms with van der Waals surface area (Å²) in [6.07, 6.45) is 5.54. The number of carbonyl (C=O) groups is 1. The molecule has 0 spiro atoms. The molecule has 1 unspecified atom stereocenters. The highest BCUT2D eigenvalue weighted by Crippen LogP contribution is 2.23. The van der Waals surface area contributed by atoms with E-state index in [1.54, 1.807) is 12.1 Å². The van der Waals surface area contributed by atoms with Gasteiger partial charge in [0.1, 0.15) is 5.78 Å². The van der Waals surface area contributed by atoms with Crippen LogP contribution in [0, 0.1) is 0 Å². The monoisotopic (exact) mass is 300 g/mol. The highest BCUT2D eigenvalue weighted by molar-refractivity contribution is 6.42. The van der Waals surface area contributed by atoms with E-state index in [0.29, 0.717) is 22.9 Å². The van der Waals surface area contributed by atoms with Crippen molar-refractivity contribution in [3.8, 4) is 0 Å². The number of Topliss-reactive ketones (excluding diaryl/α,β-unsaturated/α-hetero) is 1. The third-order valence-electron chi connectivity index (χ3n) is 3.40. The number of ketones is 1. The summed E-state index contributed by atoms with van der Waals surface area (Å²) in [6.45, 7) is 0.839. The smallest absolute Gasteiger partial charge is 0.137 e. The highest BCUT2D eigenvalue weighted by Gasteiger charge is 2.15. The second kappa shape index (κ2) is 7.28. The predicted octanol–water partition coefficient (Wildman–Crippen LogP) is 4.45. The Morgan fingerprint density at radius 2 is 2.11 bits per heavy atom. The van der Waals surface area contributed by atoms with E-state index < -0.39 is 0 Å². The number of hydrogen-bond acceptors (Lipinski definition) is 2. The highest BCUT2D eigenvalue weighted by atomic mass is 35.5. The molecule has 1 aliphatic heterocycles. The van der Waals surface area contributed by atoms with Crippen LogP contribution in [0.2, 0.25) is 10.0 Å². The van der Waals surface area contributed by atoms with E-state index in [4.69, 9.17) is 27.9 Å². The van der Waals surface area contributed by atoms with Gasteiger partial charge in [0.05, 0.1) is 16.1 Å². The summed E-state index contributed by atoms with van der Waals surface area (Å²) in [6, 6.07) is 5.35. The maximum absolute atomic E-state index is 11.9. The molecule has 1 aromatic rings. The Morgan fingerprint density at radius 3 is 2.79 bits per heavy atom. The van der Waals surface area contributed by atoms with E-state index >= 15 is 0 Å². The van der Waals surface area contributed by atoms with E-state index in [2.05, 4.69) is 0 Å². The van der Waals surface area contributed by atoms with Gasteiger partial charge in [0.15, 0.2) is 0 Å². The lowest BCUT2D eigenvalue weighted by atomic mass is 10.0. The first kappa shape index (κ1) is 14.8. The number of ether oxygens (including phenoxy) is 1. The van der Waals surface area contributed by atoms with Gasteiger partial charge in [0.2, 0.25) is 0 Å². The molecule has 0 N–H and O–H groups in total. The minimum atomic E-state index is 0.229.